The Balaban J connectivity index is 2.03. The van der Waals surface area contributed by atoms with E-state index in [0.717, 1.165) is 30.0 Å². The Morgan fingerprint density at radius 3 is 2.70 bits per heavy atom. The number of nitrogens with one attached hydrogen (secondary N) is 1. The van der Waals surface area contributed by atoms with Gasteiger partial charge in [-0.3, -0.25) is 9.59 Å². The van der Waals surface area contributed by atoms with E-state index in [-0.39, 0.29) is 11.8 Å². The lowest BCUT2D eigenvalue weighted by Gasteiger charge is -2.21. The molecule has 0 saturated carbocycles. The Morgan fingerprint density at radius 1 is 1.35 bits per heavy atom. The average molecular weight is 295 g/mol. The molecule has 2 amide bonds. The third kappa shape index (κ3) is 3.36. The van der Waals surface area contributed by atoms with E-state index in [2.05, 4.69) is 24.1 Å². The van der Waals surface area contributed by atoms with Crippen molar-refractivity contribution in [2.75, 3.05) is 20.1 Å². The Labute approximate surface area is 123 Å². The third-order valence-corrected chi connectivity index (χ3v) is 4.52. The second-order valence-corrected chi connectivity index (χ2v) is 6.53. The van der Waals surface area contributed by atoms with Gasteiger partial charge in [-0.15, -0.1) is 11.3 Å². The number of hydrogen-bond acceptors (Lipinski definition) is 4. The van der Waals surface area contributed by atoms with E-state index in [9.17, 15) is 9.59 Å². The largest absolute Gasteiger partial charge is 0.353 e. The maximum Gasteiger partial charge on any atom is 0.280 e. The highest BCUT2D eigenvalue weighted by molar-refractivity contribution is 7.13. The maximum absolute atomic E-state index is 12.1. The SMILES string of the molecule is CNC(=O)c1nc2c(s1)CCN(C(=O)CC(C)C)CC2. The molecule has 1 aromatic rings. The van der Waals surface area contributed by atoms with Crippen molar-refractivity contribution in [3.05, 3.63) is 15.6 Å². The molecule has 20 heavy (non-hydrogen) atoms. The van der Waals surface area contributed by atoms with Gasteiger partial charge in [0.2, 0.25) is 5.91 Å². The van der Waals surface area contributed by atoms with Crippen LogP contribution in [0.1, 0.15) is 40.6 Å². The lowest BCUT2D eigenvalue weighted by atomic mass is 10.1. The summed E-state index contributed by atoms with van der Waals surface area (Å²) >= 11 is 1.45. The normalized spacial score (nSPS) is 14.9. The zero-order valence-electron chi connectivity index (χ0n) is 12.2. The van der Waals surface area contributed by atoms with Crippen LogP contribution in [0.5, 0.6) is 0 Å². The molecule has 0 aromatic carbocycles. The van der Waals surface area contributed by atoms with Crippen molar-refractivity contribution in [1.29, 1.82) is 0 Å². The van der Waals surface area contributed by atoms with E-state index in [1.54, 1.807) is 7.05 Å². The molecule has 0 unspecified atom stereocenters. The molecule has 6 heteroatoms. The van der Waals surface area contributed by atoms with Crippen LogP contribution in [0.15, 0.2) is 0 Å². The van der Waals surface area contributed by atoms with E-state index < -0.39 is 0 Å². The molecule has 2 heterocycles. The zero-order valence-corrected chi connectivity index (χ0v) is 13.0. The summed E-state index contributed by atoms with van der Waals surface area (Å²) in [4.78, 5) is 31.2. The van der Waals surface area contributed by atoms with Crippen molar-refractivity contribution in [3.8, 4) is 0 Å². The van der Waals surface area contributed by atoms with Gasteiger partial charge in [0.25, 0.3) is 5.91 Å². The topological polar surface area (TPSA) is 62.3 Å². The van der Waals surface area contributed by atoms with Crippen molar-refractivity contribution in [3.63, 3.8) is 0 Å². The minimum Gasteiger partial charge on any atom is -0.353 e. The Kier molecular flexibility index (Phi) is 4.75. The molecule has 0 spiro atoms. The predicted molar refractivity (Wildman–Crippen MR) is 78.9 cm³/mol. The Morgan fingerprint density at radius 2 is 2.05 bits per heavy atom. The highest BCUT2D eigenvalue weighted by Crippen LogP contribution is 2.23. The fraction of sp³-hybridized carbons (Fsp3) is 0.643. The van der Waals surface area contributed by atoms with Crippen LogP contribution in [-0.2, 0) is 17.6 Å². The number of hydrogen-bond donors (Lipinski definition) is 1. The van der Waals surface area contributed by atoms with Crippen LogP contribution in [0.4, 0.5) is 0 Å². The number of fused-ring (bicyclic) bond motifs is 1. The first-order valence-corrected chi connectivity index (χ1v) is 7.81. The minimum absolute atomic E-state index is 0.129. The summed E-state index contributed by atoms with van der Waals surface area (Å²) in [5.74, 6) is 0.482. The summed E-state index contributed by atoms with van der Waals surface area (Å²) in [6, 6.07) is 0. The summed E-state index contributed by atoms with van der Waals surface area (Å²) < 4.78 is 0. The Bertz CT molecular complexity index is 485. The summed E-state index contributed by atoms with van der Waals surface area (Å²) in [5, 5.41) is 3.13. The number of amides is 2. The fourth-order valence-corrected chi connectivity index (χ4v) is 3.34. The predicted octanol–water partition coefficient (Wildman–Crippen LogP) is 1.48. The lowest BCUT2D eigenvalue weighted by Crippen LogP contribution is -2.34. The maximum atomic E-state index is 12.1. The van der Waals surface area contributed by atoms with Crippen LogP contribution in [-0.4, -0.2) is 41.8 Å². The standard InChI is InChI=1S/C14H21N3O2S/c1-9(2)8-12(18)17-6-4-10-11(5-7-17)20-14(16-10)13(19)15-3/h9H,4-8H2,1-3H3,(H,15,19). The van der Waals surface area contributed by atoms with Gasteiger partial charge in [-0.2, -0.15) is 0 Å². The molecule has 1 aliphatic rings. The lowest BCUT2D eigenvalue weighted by molar-refractivity contribution is -0.131. The molecule has 0 saturated heterocycles. The van der Waals surface area contributed by atoms with E-state index in [4.69, 9.17) is 0 Å². The summed E-state index contributed by atoms with van der Waals surface area (Å²) in [5.41, 5.74) is 0.980. The van der Waals surface area contributed by atoms with E-state index >= 15 is 0 Å². The number of rotatable bonds is 3. The number of thiazole rings is 1. The molecule has 0 fully saturated rings. The average Bonchev–Trinajstić information content (AvgIpc) is 2.70. The third-order valence-electron chi connectivity index (χ3n) is 3.36. The van der Waals surface area contributed by atoms with Crippen LogP contribution in [0, 0.1) is 5.92 Å². The fourth-order valence-electron chi connectivity index (χ4n) is 2.29. The Hall–Kier alpha value is -1.43. The van der Waals surface area contributed by atoms with Gasteiger partial charge < -0.3 is 10.2 Å². The second-order valence-electron chi connectivity index (χ2n) is 5.45. The number of nitrogens with zero attached hydrogens (tertiary/aromatic N) is 2. The number of aromatic nitrogens is 1. The summed E-state index contributed by atoms with van der Waals surface area (Å²) in [6.07, 6.45) is 2.14. The van der Waals surface area contributed by atoms with Crippen LogP contribution in [0.2, 0.25) is 0 Å². The molecule has 2 rings (SSSR count). The van der Waals surface area contributed by atoms with Crippen LogP contribution in [0.25, 0.3) is 0 Å². The van der Waals surface area contributed by atoms with Crippen molar-refractivity contribution < 1.29 is 9.59 Å². The molecule has 1 N–H and O–H groups in total. The van der Waals surface area contributed by atoms with Gasteiger partial charge >= 0.3 is 0 Å². The smallest absolute Gasteiger partial charge is 0.280 e. The van der Waals surface area contributed by atoms with Gasteiger partial charge in [-0.25, -0.2) is 4.98 Å². The van der Waals surface area contributed by atoms with Crippen molar-refractivity contribution in [2.24, 2.45) is 5.92 Å². The quantitative estimate of drug-likeness (QED) is 0.918. The number of carbonyl (C=O) groups is 2. The van der Waals surface area contributed by atoms with Gasteiger partial charge in [0.05, 0.1) is 5.69 Å². The highest BCUT2D eigenvalue weighted by atomic mass is 32.1. The van der Waals surface area contributed by atoms with Crippen LogP contribution in [0.3, 0.4) is 0 Å². The van der Waals surface area contributed by atoms with E-state index in [0.29, 0.717) is 23.9 Å². The van der Waals surface area contributed by atoms with Crippen molar-refractivity contribution >= 4 is 23.2 Å². The monoisotopic (exact) mass is 295 g/mol. The van der Waals surface area contributed by atoms with Gasteiger partial charge in [0.15, 0.2) is 5.01 Å². The van der Waals surface area contributed by atoms with Crippen molar-refractivity contribution in [2.45, 2.75) is 33.1 Å². The van der Waals surface area contributed by atoms with Gasteiger partial charge in [0.1, 0.15) is 0 Å². The van der Waals surface area contributed by atoms with Crippen LogP contribution < -0.4 is 5.32 Å². The first-order valence-electron chi connectivity index (χ1n) is 6.99. The van der Waals surface area contributed by atoms with E-state index in [1.807, 2.05) is 4.90 Å². The molecule has 0 aliphatic carbocycles. The first-order chi connectivity index (χ1) is 9.51. The first kappa shape index (κ1) is 15.0. The molecule has 1 aromatic heterocycles. The molecule has 5 nitrogen and oxygen atoms in total. The van der Waals surface area contributed by atoms with Gasteiger partial charge in [-0.05, 0) is 5.92 Å². The highest BCUT2D eigenvalue weighted by Gasteiger charge is 2.23. The molecule has 110 valence electrons. The van der Waals surface area contributed by atoms with Gasteiger partial charge in [-0.1, -0.05) is 13.8 Å². The zero-order chi connectivity index (χ0) is 14.7. The van der Waals surface area contributed by atoms with Gasteiger partial charge in [0, 0.05) is 44.3 Å². The van der Waals surface area contributed by atoms with E-state index in [1.165, 1.54) is 11.3 Å². The molecule has 0 atom stereocenters. The van der Waals surface area contributed by atoms with Crippen LogP contribution >= 0.6 is 11.3 Å². The summed E-state index contributed by atoms with van der Waals surface area (Å²) in [6.45, 7) is 5.55. The number of carbonyl (C=O) groups excluding carboxylic acids is 2. The van der Waals surface area contributed by atoms with Crippen molar-refractivity contribution in [1.82, 2.24) is 15.2 Å². The summed E-state index contributed by atoms with van der Waals surface area (Å²) in [7, 11) is 1.61. The molecular formula is C14H21N3O2S. The molecular weight excluding hydrogens is 274 g/mol. The molecule has 0 bridgehead atoms. The molecule has 0 radical (unpaired) electrons. The molecule has 1 aliphatic heterocycles. The minimum atomic E-state index is -0.129. The second kappa shape index (κ2) is 6.35.